The van der Waals surface area contributed by atoms with Crippen molar-refractivity contribution in [3.8, 4) is 0 Å². The van der Waals surface area contributed by atoms with Crippen LogP contribution in [0.15, 0.2) is 54.6 Å². The number of primary amides is 1. The molecule has 1 amide bonds. The number of aryl methyl sites for hydroxylation is 1. The second kappa shape index (κ2) is 8.27. The van der Waals surface area contributed by atoms with Gasteiger partial charge in [0.2, 0.25) is 5.91 Å². The molecule has 1 heterocycles. The number of halogens is 2. The first-order valence-corrected chi connectivity index (χ1v) is 10.3. The van der Waals surface area contributed by atoms with Crippen LogP contribution < -0.4 is 5.73 Å². The normalized spacial score (nSPS) is 11.4. The highest BCUT2D eigenvalue weighted by Gasteiger charge is 2.17. The molecule has 1 aromatic heterocycles. The Balaban J connectivity index is 1.91. The third-order valence-corrected chi connectivity index (χ3v) is 5.61. The number of aromatic nitrogens is 1. The number of carbonyl (C=O) groups is 1. The zero-order valence-electron chi connectivity index (χ0n) is 16.9. The zero-order valence-corrected chi connectivity index (χ0v) is 16.9. The standard InChI is InChI=1S/C25H24F2N2O/c1-2-3-4-6-16-9-11-18-23(14-16)29(15-17-10-12-20(26)21(27)13-17)22-8-5-7-19(24(18)22)25(28)30/h5,7-14H,2-4,6,15H2,1H3,(H2,28,30). The van der Waals surface area contributed by atoms with Crippen LogP contribution in [0.4, 0.5) is 8.78 Å². The number of amides is 1. The number of fused-ring (bicyclic) bond motifs is 3. The first-order chi connectivity index (χ1) is 14.5. The molecule has 4 rings (SSSR count). The molecule has 30 heavy (non-hydrogen) atoms. The Morgan fingerprint density at radius 1 is 0.933 bits per heavy atom. The molecule has 3 aromatic carbocycles. The Morgan fingerprint density at radius 3 is 2.47 bits per heavy atom. The van der Waals surface area contributed by atoms with Gasteiger partial charge in [-0.25, -0.2) is 8.78 Å². The van der Waals surface area contributed by atoms with Gasteiger partial charge in [0, 0.05) is 28.4 Å². The van der Waals surface area contributed by atoms with Crippen LogP contribution in [-0.2, 0) is 13.0 Å². The number of hydrogen-bond acceptors (Lipinski definition) is 1. The molecular weight excluding hydrogens is 382 g/mol. The molecule has 0 spiro atoms. The maximum Gasteiger partial charge on any atom is 0.249 e. The van der Waals surface area contributed by atoms with Crippen molar-refractivity contribution in [2.45, 2.75) is 39.2 Å². The summed E-state index contributed by atoms with van der Waals surface area (Å²) in [6.45, 7) is 2.53. The Morgan fingerprint density at radius 2 is 1.73 bits per heavy atom. The van der Waals surface area contributed by atoms with E-state index in [-0.39, 0.29) is 0 Å². The van der Waals surface area contributed by atoms with Gasteiger partial charge in [0.1, 0.15) is 0 Å². The fraction of sp³-hybridized carbons (Fsp3) is 0.240. The molecule has 0 unspecified atom stereocenters. The minimum Gasteiger partial charge on any atom is -0.366 e. The maximum atomic E-state index is 13.8. The fourth-order valence-electron chi connectivity index (χ4n) is 4.12. The summed E-state index contributed by atoms with van der Waals surface area (Å²) in [4.78, 5) is 12.1. The van der Waals surface area contributed by atoms with Crippen molar-refractivity contribution in [3.05, 3.63) is 82.9 Å². The van der Waals surface area contributed by atoms with Crippen molar-refractivity contribution < 1.29 is 13.6 Å². The molecule has 4 aromatic rings. The topological polar surface area (TPSA) is 48.0 Å². The largest absolute Gasteiger partial charge is 0.366 e. The van der Waals surface area contributed by atoms with Gasteiger partial charge in [-0.3, -0.25) is 4.79 Å². The van der Waals surface area contributed by atoms with Crippen LogP contribution in [0, 0.1) is 11.6 Å². The number of carbonyl (C=O) groups excluding carboxylic acids is 1. The van der Waals surface area contributed by atoms with E-state index in [0.717, 1.165) is 47.1 Å². The molecule has 0 bridgehead atoms. The Hall–Kier alpha value is -3.21. The van der Waals surface area contributed by atoms with Gasteiger partial charge in [0.25, 0.3) is 0 Å². The monoisotopic (exact) mass is 406 g/mol. The predicted molar refractivity (Wildman–Crippen MR) is 117 cm³/mol. The summed E-state index contributed by atoms with van der Waals surface area (Å²) >= 11 is 0. The molecule has 5 heteroatoms. The lowest BCUT2D eigenvalue weighted by Gasteiger charge is -2.10. The summed E-state index contributed by atoms with van der Waals surface area (Å²) in [5, 5.41) is 1.73. The van der Waals surface area contributed by atoms with E-state index >= 15 is 0 Å². The predicted octanol–water partition coefficient (Wildman–Crippen LogP) is 5.95. The van der Waals surface area contributed by atoms with Gasteiger partial charge in [0.05, 0.1) is 5.52 Å². The number of nitrogens with two attached hydrogens (primary N) is 1. The van der Waals surface area contributed by atoms with Crippen molar-refractivity contribution in [2.75, 3.05) is 0 Å². The van der Waals surface area contributed by atoms with Gasteiger partial charge in [-0.05, 0) is 54.3 Å². The minimum absolute atomic E-state index is 0.359. The van der Waals surface area contributed by atoms with Crippen molar-refractivity contribution >= 4 is 27.7 Å². The molecule has 0 fully saturated rings. The lowest BCUT2D eigenvalue weighted by molar-refractivity contribution is 0.100. The summed E-state index contributed by atoms with van der Waals surface area (Å²) < 4.78 is 29.2. The first kappa shape index (κ1) is 20.1. The third-order valence-electron chi connectivity index (χ3n) is 5.61. The molecule has 0 aliphatic rings. The number of benzene rings is 3. The zero-order chi connectivity index (χ0) is 21.3. The molecule has 2 N–H and O–H groups in total. The van der Waals surface area contributed by atoms with E-state index in [9.17, 15) is 13.6 Å². The molecular formula is C25H24F2N2O. The quantitative estimate of drug-likeness (QED) is 0.379. The molecule has 0 aliphatic carbocycles. The van der Waals surface area contributed by atoms with Gasteiger partial charge < -0.3 is 10.3 Å². The van der Waals surface area contributed by atoms with Gasteiger partial charge >= 0.3 is 0 Å². The van der Waals surface area contributed by atoms with Crippen molar-refractivity contribution in [3.63, 3.8) is 0 Å². The summed E-state index contributed by atoms with van der Waals surface area (Å²) in [6, 6.07) is 15.7. The van der Waals surface area contributed by atoms with Crippen molar-refractivity contribution in [1.29, 1.82) is 0 Å². The van der Waals surface area contributed by atoms with Crippen LogP contribution in [0.3, 0.4) is 0 Å². The second-order valence-electron chi connectivity index (χ2n) is 7.71. The lowest BCUT2D eigenvalue weighted by Crippen LogP contribution is -2.11. The highest BCUT2D eigenvalue weighted by Crippen LogP contribution is 2.33. The van der Waals surface area contributed by atoms with Crippen LogP contribution >= 0.6 is 0 Å². The van der Waals surface area contributed by atoms with Crippen LogP contribution in [0.1, 0.15) is 47.7 Å². The molecule has 0 aliphatic heterocycles. The first-order valence-electron chi connectivity index (χ1n) is 10.3. The minimum atomic E-state index is -0.869. The average molecular weight is 406 g/mol. The maximum absolute atomic E-state index is 13.8. The molecule has 0 atom stereocenters. The Labute approximate surface area is 174 Å². The lowest BCUT2D eigenvalue weighted by atomic mass is 10.0. The van der Waals surface area contributed by atoms with Gasteiger partial charge in [-0.15, -0.1) is 0 Å². The van der Waals surface area contributed by atoms with Crippen LogP contribution in [0.2, 0.25) is 0 Å². The molecule has 0 saturated carbocycles. The van der Waals surface area contributed by atoms with E-state index in [0.29, 0.717) is 17.7 Å². The van der Waals surface area contributed by atoms with E-state index in [1.54, 1.807) is 18.2 Å². The van der Waals surface area contributed by atoms with E-state index < -0.39 is 17.5 Å². The van der Waals surface area contributed by atoms with Crippen LogP contribution in [-0.4, -0.2) is 10.5 Å². The molecule has 154 valence electrons. The van der Waals surface area contributed by atoms with Gasteiger partial charge in [0.15, 0.2) is 11.6 Å². The Kier molecular flexibility index (Phi) is 5.53. The van der Waals surface area contributed by atoms with Gasteiger partial charge in [-0.1, -0.05) is 44.0 Å². The number of unbranched alkanes of at least 4 members (excludes halogenated alkanes) is 2. The average Bonchev–Trinajstić information content (AvgIpc) is 3.04. The van der Waals surface area contributed by atoms with E-state index in [1.807, 2.05) is 16.7 Å². The van der Waals surface area contributed by atoms with E-state index in [1.165, 1.54) is 18.1 Å². The molecule has 3 nitrogen and oxygen atoms in total. The van der Waals surface area contributed by atoms with E-state index in [2.05, 4.69) is 19.1 Å². The SMILES string of the molecule is CCCCCc1ccc2c3c(C(N)=O)cccc3n(Cc3ccc(F)c(F)c3)c2c1. The van der Waals surface area contributed by atoms with Crippen LogP contribution in [0.5, 0.6) is 0 Å². The fourth-order valence-corrected chi connectivity index (χ4v) is 4.12. The van der Waals surface area contributed by atoms with Gasteiger partial charge in [-0.2, -0.15) is 0 Å². The number of nitrogens with zero attached hydrogens (tertiary/aromatic N) is 1. The van der Waals surface area contributed by atoms with Crippen molar-refractivity contribution in [1.82, 2.24) is 4.57 Å². The summed E-state index contributed by atoms with van der Waals surface area (Å²) in [5.41, 5.74) is 9.76. The molecule has 0 saturated heterocycles. The summed E-state index contributed by atoms with van der Waals surface area (Å²) in [6.07, 6.45) is 4.40. The number of hydrogen-bond donors (Lipinski definition) is 1. The third kappa shape index (κ3) is 3.67. The summed E-state index contributed by atoms with van der Waals surface area (Å²) in [5.74, 6) is -2.22. The smallest absolute Gasteiger partial charge is 0.249 e. The van der Waals surface area contributed by atoms with E-state index in [4.69, 9.17) is 5.73 Å². The Bertz CT molecular complexity index is 1240. The number of rotatable bonds is 7. The summed E-state index contributed by atoms with van der Waals surface area (Å²) in [7, 11) is 0. The highest BCUT2D eigenvalue weighted by atomic mass is 19.2. The molecule has 0 radical (unpaired) electrons. The highest BCUT2D eigenvalue weighted by molar-refractivity contribution is 6.17. The van der Waals surface area contributed by atoms with Crippen molar-refractivity contribution in [2.24, 2.45) is 5.73 Å². The second-order valence-corrected chi connectivity index (χ2v) is 7.71. The van der Waals surface area contributed by atoms with Crippen LogP contribution in [0.25, 0.3) is 21.8 Å².